The zero-order chi connectivity index (χ0) is 12.4. The zero-order valence-electron chi connectivity index (χ0n) is 7.69. The molecule has 0 atom stereocenters. The Bertz CT molecular complexity index is 656. The number of hydrogen-bond donors (Lipinski definition) is 1. The van der Waals surface area contributed by atoms with Crippen LogP contribution in [0.25, 0.3) is 0 Å². The van der Waals surface area contributed by atoms with E-state index >= 15 is 0 Å². The number of carbonyl (C=O) groups excluding carboxylic acids is 1. The molecule has 86 valence electrons. The first-order valence-electron chi connectivity index (χ1n) is 3.75. The Hall–Kier alpha value is -1.54. The molecule has 0 saturated carbocycles. The highest BCUT2D eigenvalue weighted by Crippen LogP contribution is 2.20. The molecule has 0 aliphatic rings. The lowest BCUT2D eigenvalue weighted by molar-refractivity contribution is 0.562. The Morgan fingerprint density at radius 1 is 1.06 bits per heavy atom. The molecular formula is C7H6N2O5S2. The fourth-order valence-electron chi connectivity index (χ4n) is 0.997. The van der Waals surface area contributed by atoms with E-state index in [-0.39, 0.29) is 0 Å². The molecule has 0 aliphatic heterocycles. The van der Waals surface area contributed by atoms with Crippen LogP contribution in [0, 0.1) is 0 Å². The fourth-order valence-corrected chi connectivity index (χ4v) is 3.05. The summed E-state index contributed by atoms with van der Waals surface area (Å²) < 4.78 is 47.4. The quantitative estimate of drug-likeness (QED) is 0.573. The monoisotopic (exact) mass is 262 g/mol. The van der Waals surface area contributed by atoms with Crippen LogP contribution >= 0.6 is 0 Å². The van der Waals surface area contributed by atoms with Crippen molar-refractivity contribution in [2.75, 3.05) is 0 Å². The number of nitrogens with two attached hydrogens (primary N) is 1. The molecule has 0 unspecified atom stereocenters. The second kappa shape index (κ2) is 4.14. The second-order valence-electron chi connectivity index (χ2n) is 2.65. The summed E-state index contributed by atoms with van der Waals surface area (Å²) >= 11 is 0. The van der Waals surface area contributed by atoms with Crippen LogP contribution in [0.4, 0.5) is 0 Å². The lowest BCUT2D eigenvalue weighted by Crippen LogP contribution is -2.15. The molecule has 0 heterocycles. The summed E-state index contributed by atoms with van der Waals surface area (Å²) in [4.78, 5) is 8.63. The molecule has 7 nitrogen and oxygen atoms in total. The van der Waals surface area contributed by atoms with Crippen molar-refractivity contribution in [2.24, 2.45) is 9.54 Å². The highest BCUT2D eigenvalue weighted by molar-refractivity contribution is 7.92. The minimum Gasteiger partial charge on any atom is -0.225 e. The van der Waals surface area contributed by atoms with Gasteiger partial charge in [0.25, 0.3) is 16.1 Å². The molecule has 0 spiro atoms. The first-order valence-corrected chi connectivity index (χ1v) is 6.73. The molecule has 0 saturated heterocycles. The normalized spacial score (nSPS) is 11.8. The molecule has 0 aromatic heterocycles. The number of rotatable bonds is 3. The Morgan fingerprint density at radius 3 is 2.00 bits per heavy atom. The smallest absolute Gasteiger partial charge is 0.225 e. The van der Waals surface area contributed by atoms with E-state index in [4.69, 9.17) is 5.14 Å². The topological polar surface area (TPSA) is 124 Å². The number of isocyanates is 1. The summed E-state index contributed by atoms with van der Waals surface area (Å²) in [5, 5.41) is 4.82. The molecule has 1 aromatic rings. The molecule has 2 N–H and O–H groups in total. The van der Waals surface area contributed by atoms with Crippen molar-refractivity contribution >= 4 is 26.1 Å². The molecule has 0 fully saturated rings. The summed E-state index contributed by atoms with van der Waals surface area (Å²) in [5.74, 6) is 0. The largest absolute Gasteiger partial charge is 0.294 e. The van der Waals surface area contributed by atoms with Crippen molar-refractivity contribution in [3.8, 4) is 0 Å². The first kappa shape index (κ1) is 12.5. The molecular weight excluding hydrogens is 256 g/mol. The van der Waals surface area contributed by atoms with Gasteiger partial charge < -0.3 is 0 Å². The molecule has 0 amide bonds. The average Bonchev–Trinajstić information content (AvgIpc) is 2.16. The van der Waals surface area contributed by atoms with E-state index in [1.807, 2.05) is 0 Å². The standard InChI is InChI=1S/C7H6N2O5S2/c8-15(11,12)6-3-1-2-4-7(6)16(13,14)9-5-10/h1-4H,(H2,8,11,12). The van der Waals surface area contributed by atoms with Crippen LogP contribution in [0.3, 0.4) is 0 Å². The van der Waals surface area contributed by atoms with Crippen molar-refractivity contribution in [3.63, 3.8) is 0 Å². The van der Waals surface area contributed by atoms with Gasteiger partial charge in [-0.1, -0.05) is 16.5 Å². The lowest BCUT2D eigenvalue weighted by Gasteiger charge is -2.03. The van der Waals surface area contributed by atoms with Crippen LogP contribution in [-0.4, -0.2) is 22.9 Å². The first-order chi connectivity index (χ1) is 7.29. The molecule has 0 aliphatic carbocycles. The van der Waals surface area contributed by atoms with Gasteiger partial charge in [0.05, 0.1) is 0 Å². The van der Waals surface area contributed by atoms with Crippen LogP contribution < -0.4 is 5.14 Å². The van der Waals surface area contributed by atoms with Crippen LogP contribution in [0.5, 0.6) is 0 Å². The molecule has 9 heteroatoms. The van der Waals surface area contributed by atoms with Gasteiger partial charge in [-0.3, -0.25) is 0 Å². The molecule has 0 bridgehead atoms. The predicted octanol–water partition coefficient (Wildman–Crippen LogP) is -0.641. The summed E-state index contributed by atoms with van der Waals surface area (Å²) in [6, 6.07) is 4.56. The van der Waals surface area contributed by atoms with Gasteiger partial charge in [-0.05, 0) is 12.1 Å². The van der Waals surface area contributed by atoms with Crippen molar-refractivity contribution in [2.45, 2.75) is 9.79 Å². The van der Waals surface area contributed by atoms with E-state index < -0.39 is 29.8 Å². The Kier molecular flexibility index (Phi) is 3.24. The van der Waals surface area contributed by atoms with Crippen molar-refractivity contribution in [1.82, 2.24) is 0 Å². The summed E-state index contributed by atoms with van der Waals surface area (Å²) in [6.07, 6.45) is 0.837. The van der Waals surface area contributed by atoms with Crippen molar-refractivity contribution in [1.29, 1.82) is 0 Å². The van der Waals surface area contributed by atoms with Gasteiger partial charge in [-0.25, -0.2) is 18.4 Å². The maximum Gasteiger partial charge on any atom is 0.294 e. The van der Waals surface area contributed by atoms with Crippen LogP contribution in [-0.2, 0) is 24.8 Å². The number of hydrogen-bond acceptors (Lipinski definition) is 5. The minimum absolute atomic E-state index is 0.617. The van der Waals surface area contributed by atoms with Gasteiger partial charge in [0.15, 0.2) is 0 Å². The van der Waals surface area contributed by atoms with E-state index in [2.05, 4.69) is 4.40 Å². The van der Waals surface area contributed by atoms with Gasteiger partial charge in [0.1, 0.15) is 9.79 Å². The average molecular weight is 262 g/mol. The molecule has 0 radical (unpaired) electrons. The van der Waals surface area contributed by atoms with E-state index in [0.29, 0.717) is 0 Å². The van der Waals surface area contributed by atoms with Gasteiger partial charge in [0.2, 0.25) is 10.0 Å². The van der Waals surface area contributed by atoms with E-state index in [1.165, 1.54) is 12.1 Å². The number of benzene rings is 1. The van der Waals surface area contributed by atoms with E-state index in [1.54, 1.807) is 0 Å². The molecule has 16 heavy (non-hydrogen) atoms. The zero-order valence-corrected chi connectivity index (χ0v) is 9.32. The summed E-state index contributed by atoms with van der Waals surface area (Å²) in [6.45, 7) is 0. The molecule has 1 aromatic carbocycles. The third-order valence-electron chi connectivity index (χ3n) is 1.59. The van der Waals surface area contributed by atoms with Crippen molar-refractivity contribution in [3.05, 3.63) is 24.3 Å². The number of nitrogens with zero attached hydrogens (tertiary/aromatic N) is 1. The van der Waals surface area contributed by atoms with Crippen LogP contribution in [0.1, 0.15) is 0 Å². The highest BCUT2D eigenvalue weighted by Gasteiger charge is 2.23. The van der Waals surface area contributed by atoms with E-state index in [0.717, 1.165) is 18.2 Å². The third kappa shape index (κ3) is 2.52. The van der Waals surface area contributed by atoms with Gasteiger partial charge in [-0.15, -0.1) is 0 Å². The number of primary sulfonamides is 1. The van der Waals surface area contributed by atoms with Gasteiger partial charge in [0, 0.05) is 0 Å². The maximum absolute atomic E-state index is 11.4. The fraction of sp³-hybridized carbons (Fsp3) is 0. The summed E-state index contributed by atoms with van der Waals surface area (Å²) in [7, 11) is -8.59. The van der Waals surface area contributed by atoms with Crippen LogP contribution in [0.15, 0.2) is 38.5 Å². The van der Waals surface area contributed by atoms with E-state index in [9.17, 15) is 21.6 Å². The number of sulfonamides is 2. The minimum atomic E-state index is -4.38. The van der Waals surface area contributed by atoms with Crippen LogP contribution in [0.2, 0.25) is 0 Å². The Balaban J connectivity index is 3.67. The predicted molar refractivity (Wildman–Crippen MR) is 53.1 cm³/mol. The Morgan fingerprint density at radius 2 is 1.56 bits per heavy atom. The maximum atomic E-state index is 11.4. The SMILES string of the molecule is NS(=O)(=O)c1ccccc1S(=O)(=O)N=C=O. The third-order valence-corrected chi connectivity index (χ3v) is 3.92. The summed E-state index contributed by atoms with van der Waals surface area (Å²) in [5.41, 5.74) is 0. The Labute approximate surface area is 91.7 Å². The van der Waals surface area contributed by atoms with Gasteiger partial charge in [-0.2, -0.15) is 8.42 Å². The second-order valence-corrected chi connectivity index (χ2v) is 5.75. The molecule has 1 rings (SSSR count). The lowest BCUT2D eigenvalue weighted by atomic mass is 10.4. The van der Waals surface area contributed by atoms with Gasteiger partial charge >= 0.3 is 0 Å². The highest BCUT2D eigenvalue weighted by atomic mass is 32.2. The van der Waals surface area contributed by atoms with Crippen molar-refractivity contribution < 1.29 is 21.6 Å².